The van der Waals surface area contributed by atoms with Gasteiger partial charge in [0.15, 0.2) is 0 Å². The molecule has 4 rings (SSSR count). The van der Waals surface area contributed by atoms with Crippen molar-refractivity contribution in [2.75, 3.05) is 5.32 Å². The van der Waals surface area contributed by atoms with E-state index < -0.39 is 5.91 Å². The summed E-state index contributed by atoms with van der Waals surface area (Å²) in [4.78, 5) is 14.0. The molecule has 2 aromatic heterocycles. The summed E-state index contributed by atoms with van der Waals surface area (Å²) in [6.45, 7) is 2.86. The van der Waals surface area contributed by atoms with E-state index in [-0.39, 0.29) is 5.57 Å². The van der Waals surface area contributed by atoms with E-state index in [1.165, 1.54) is 16.2 Å². The van der Waals surface area contributed by atoms with E-state index >= 15 is 0 Å². The molecule has 0 saturated heterocycles. The highest BCUT2D eigenvalue weighted by Crippen LogP contribution is 2.37. The molecule has 0 unspecified atom stereocenters. The molecule has 1 amide bonds. The summed E-state index contributed by atoms with van der Waals surface area (Å²) >= 11 is 1.46. The molecule has 6 heteroatoms. The number of nitriles is 2. The Morgan fingerprint density at radius 3 is 2.83 bits per heavy atom. The van der Waals surface area contributed by atoms with Gasteiger partial charge in [0, 0.05) is 34.1 Å². The Morgan fingerprint density at radius 1 is 1.28 bits per heavy atom. The Kier molecular flexibility index (Phi) is 5.20. The fourth-order valence-corrected chi connectivity index (χ4v) is 5.13. The second kappa shape index (κ2) is 7.95. The Hall–Kier alpha value is -3.35. The molecule has 144 valence electrons. The summed E-state index contributed by atoms with van der Waals surface area (Å²) in [5.74, 6) is -0.476. The van der Waals surface area contributed by atoms with Crippen LogP contribution in [-0.2, 0) is 24.2 Å². The van der Waals surface area contributed by atoms with Gasteiger partial charge in [-0.2, -0.15) is 10.5 Å². The monoisotopic (exact) mass is 400 g/mol. The number of hydrogen-bond donors (Lipinski definition) is 1. The van der Waals surface area contributed by atoms with E-state index in [0.717, 1.165) is 54.3 Å². The molecular formula is C23H20N4OS. The van der Waals surface area contributed by atoms with Crippen LogP contribution in [0.1, 0.15) is 41.3 Å². The van der Waals surface area contributed by atoms with Gasteiger partial charge in [-0.25, -0.2) is 0 Å². The molecule has 0 fully saturated rings. The van der Waals surface area contributed by atoms with Gasteiger partial charge in [-0.05, 0) is 50.3 Å². The number of nitrogens with one attached hydrogen (secondary N) is 1. The predicted octanol–water partition coefficient (Wildman–Crippen LogP) is 5.02. The van der Waals surface area contributed by atoms with Crippen molar-refractivity contribution in [3.8, 4) is 12.1 Å². The number of hydrogen-bond acceptors (Lipinski definition) is 4. The fraction of sp³-hybridized carbons (Fsp3) is 0.261. The average molecular weight is 401 g/mol. The number of aromatic nitrogens is 1. The fourth-order valence-electron chi connectivity index (χ4n) is 3.90. The van der Waals surface area contributed by atoms with E-state index in [1.54, 1.807) is 6.08 Å². The zero-order valence-corrected chi connectivity index (χ0v) is 17.0. The third-order valence-corrected chi connectivity index (χ3v) is 6.54. The molecule has 1 aliphatic carbocycles. The lowest BCUT2D eigenvalue weighted by atomic mass is 9.96. The lowest BCUT2D eigenvalue weighted by molar-refractivity contribution is -0.112. The molecule has 29 heavy (non-hydrogen) atoms. The van der Waals surface area contributed by atoms with Crippen molar-refractivity contribution in [2.24, 2.45) is 0 Å². The van der Waals surface area contributed by atoms with E-state index in [0.29, 0.717) is 10.6 Å². The molecule has 0 radical (unpaired) electrons. The summed E-state index contributed by atoms with van der Waals surface area (Å²) in [6.07, 6.45) is 7.58. The van der Waals surface area contributed by atoms with E-state index in [1.807, 2.05) is 36.5 Å². The van der Waals surface area contributed by atoms with Crippen molar-refractivity contribution < 1.29 is 4.79 Å². The van der Waals surface area contributed by atoms with Gasteiger partial charge in [-0.15, -0.1) is 11.3 Å². The number of carbonyl (C=O) groups excluding carboxylic acids is 1. The van der Waals surface area contributed by atoms with Gasteiger partial charge in [-0.3, -0.25) is 4.79 Å². The number of rotatable bonds is 4. The number of amides is 1. The number of para-hydroxylation sites is 1. The summed E-state index contributed by atoms with van der Waals surface area (Å²) in [7, 11) is 0. The molecular weight excluding hydrogens is 380 g/mol. The van der Waals surface area contributed by atoms with Crippen LogP contribution in [0.25, 0.3) is 17.0 Å². The quantitative estimate of drug-likeness (QED) is 0.493. The molecule has 5 nitrogen and oxygen atoms in total. The normalized spacial score (nSPS) is 13.6. The molecule has 0 aliphatic heterocycles. The van der Waals surface area contributed by atoms with Gasteiger partial charge in [0.05, 0.1) is 5.56 Å². The van der Waals surface area contributed by atoms with Gasteiger partial charge in [0.2, 0.25) is 0 Å². The zero-order valence-electron chi connectivity index (χ0n) is 16.2. The number of carbonyl (C=O) groups is 1. The summed E-state index contributed by atoms with van der Waals surface area (Å²) in [6, 6.07) is 12.2. The molecule has 1 aliphatic rings. The Labute approximate surface area is 173 Å². The van der Waals surface area contributed by atoms with Crippen LogP contribution in [-0.4, -0.2) is 10.5 Å². The Balaban J connectivity index is 1.68. The number of thiophene rings is 1. The first-order chi connectivity index (χ1) is 14.2. The highest BCUT2D eigenvalue weighted by Gasteiger charge is 2.23. The summed E-state index contributed by atoms with van der Waals surface area (Å²) in [5.41, 5.74) is 3.54. The van der Waals surface area contributed by atoms with Crippen molar-refractivity contribution in [1.82, 2.24) is 4.57 Å². The van der Waals surface area contributed by atoms with Crippen molar-refractivity contribution >= 4 is 39.2 Å². The molecule has 1 N–H and O–H groups in total. The first-order valence-corrected chi connectivity index (χ1v) is 10.5. The summed E-state index contributed by atoms with van der Waals surface area (Å²) < 4.78 is 2.09. The van der Waals surface area contributed by atoms with Gasteiger partial charge < -0.3 is 9.88 Å². The van der Waals surface area contributed by atoms with Crippen LogP contribution in [0.15, 0.2) is 36.0 Å². The predicted molar refractivity (Wildman–Crippen MR) is 116 cm³/mol. The molecule has 1 aromatic carbocycles. The Bertz CT molecular complexity index is 1220. The van der Waals surface area contributed by atoms with Crippen LogP contribution in [0.5, 0.6) is 0 Å². The maximum atomic E-state index is 12.8. The number of aryl methyl sites for hydroxylation is 2. The van der Waals surface area contributed by atoms with Crippen molar-refractivity contribution in [2.45, 2.75) is 39.2 Å². The third-order valence-electron chi connectivity index (χ3n) is 5.34. The largest absolute Gasteiger partial charge is 0.347 e. The number of nitrogens with zero attached hydrogens (tertiary/aromatic N) is 3. The molecule has 0 atom stereocenters. The van der Waals surface area contributed by atoms with Crippen LogP contribution in [0.2, 0.25) is 0 Å². The SMILES string of the molecule is CCn1cc(/C=C(\C#N)C(=O)Nc2sc3c(c2C#N)CCCC3)c2ccccc21. The molecule has 3 aromatic rings. The number of fused-ring (bicyclic) bond motifs is 2. The number of anilines is 1. The second-order valence-corrected chi connectivity index (χ2v) is 8.14. The zero-order chi connectivity index (χ0) is 20.4. The lowest BCUT2D eigenvalue weighted by Crippen LogP contribution is -2.13. The molecule has 0 bridgehead atoms. The van der Waals surface area contributed by atoms with Crippen LogP contribution in [0, 0.1) is 22.7 Å². The molecule has 0 saturated carbocycles. The molecule has 2 heterocycles. The minimum atomic E-state index is -0.476. The van der Waals surface area contributed by atoms with E-state index in [4.69, 9.17) is 0 Å². The maximum absolute atomic E-state index is 12.8. The van der Waals surface area contributed by atoms with Crippen LogP contribution in [0.3, 0.4) is 0 Å². The van der Waals surface area contributed by atoms with Crippen LogP contribution in [0.4, 0.5) is 5.00 Å². The highest BCUT2D eigenvalue weighted by molar-refractivity contribution is 7.16. The average Bonchev–Trinajstić information content (AvgIpc) is 3.29. The minimum absolute atomic E-state index is 0.0271. The first-order valence-electron chi connectivity index (χ1n) is 9.72. The van der Waals surface area contributed by atoms with Crippen LogP contribution < -0.4 is 5.32 Å². The highest BCUT2D eigenvalue weighted by atomic mass is 32.1. The lowest BCUT2D eigenvalue weighted by Gasteiger charge is -2.09. The van der Waals surface area contributed by atoms with E-state index in [2.05, 4.69) is 22.9 Å². The second-order valence-electron chi connectivity index (χ2n) is 7.04. The maximum Gasteiger partial charge on any atom is 0.266 e. The first kappa shape index (κ1) is 19.0. The van der Waals surface area contributed by atoms with Crippen LogP contribution >= 0.6 is 11.3 Å². The van der Waals surface area contributed by atoms with Crippen molar-refractivity contribution in [1.29, 1.82) is 10.5 Å². The Morgan fingerprint density at radius 2 is 2.07 bits per heavy atom. The van der Waals surface area contributed by atoms with Crippen molar-refractivity contribution in [3.05, 3.63) is 57.6 Å². The van der Waals surface area contributed by atoms with E-state index in [9.17, 15) is 15.3 Å². The minimum Gasteiger partial charge on any atom is -0.347 e. The number of benzene rings is 1. The summed E-state index contributed by atoms with van der Waals surface area (Å²) in [5, 5.41) is 23.6. The van der Waals surface area contributed by atoms with Gasteiger partial charge in [0.1, 0.15) is 22.7 Å². The smallest absolute Gasteiger partial charge is 0.266 e. The van der Waals surface area contributed by atoms with Gasteiger partial charge >= 0.3 is 0 Å². The standard InChI is InChI=1S/C23H20N4OS/c1-2-27-14-16(17-7-3-5-9-20(17)27)11-15(12-24)22(28)26-23-19(13-25)18-8-4-6-10-21(18)29-23/h3,5,7,9,11,14H,2,4,6,8,10H2,1H3,(H,26,28)/b15-11+. The van der Waals surface area contributed by atoms with Gasteiger partial charge in [0.25, 0.3) is 5.91 Å². The van der Waals surface area contributed by atoms with Crippen molar-refractivity contribution in [3.63, 3.8) is 0 Å². The molecule has 0 spiro atoms. The topological polar surface area (TPSA) is 81.6 Å². The van der Waals surface area contributed by atoms with Gasteiger partial charge in [-0.1, -0.05) is 18.2 Å². The third kappa shape index (κ3) is 3.44.